The number of hydrogen-bond donors (Lipinski definition) is 1. The van der Waals surface area contributed by atoms with Crippen molar-refractivity contribution in [2.45, 2.75) is 19.8 Å². The van der Waals surface area contributed by atoms with Crippen LogP contribution in [0.15, 0.2) is 24.3 Å². The Morgan fingerprint density at radius 1 is 1.30 bits per heavy atom. The van der Waals surface area contributed by atoms with Crippen LogP contribution in [0.5, 0.6) is 5.75 Å². The van der Waals surface area contributed by atoms with Gasteiger partial charge in [-0.1, -0.05) is 12.1 Å². The zero-order valence-electron chi connectivity index (χ0n) is 11.5. The lowest BCUT2D eigenvalue weighted by Crippen LogP contribution is -2.31. The summed E-state index contributed by atoms with van der Waals surface area (Å²) in [6, 6.07) is 7.24. The number of anilines is 1. The van der Waals surface area contributed by atoms with Crippen LogP contribution in [0, 0.1) is 5.92 Å². The number of sulfone groups is 1. The van der Waals surface area contributed by atoms with Crippen molar-refractivity contribution in [3.8, 4) is 5.75 Å². The largest absolute Gasteiger partial charge is 0.492 e. The molecule has 110 valence electrons. The van der Waals surface area contributed by atoms with Crippen LogP contribution in [0.1, 0.15) is 19.8 Å². The molecule has 5 nitrogen and oxygen atoms in total. The summed E-state index contributed by atoms with van der Waals surface area (Å²) < 4.78 is 28.2. The van der Waals surface area contributed by atoms with E-state index in [2.05, 4.69) is 5.32 Å². The van der Waals surface area contributed by atoms with Gasteiger partial charge < -0.3 is 10.1 Å². The number of rotatable bonds is 4. The molecule has 0 aliphatic carbocycles. The molecular formula is C14H19NO4S. The molecule has 6 heteroatoms. The lowest BCUT2D eigenvalue weighted by atomic mass is 10.0. The molecule has 0 aromatic heterocycles. The minimum absolute atomic E-state index is 0.0954. The number of benzene rings is 1. The molecule has 0 unspecified atom stereocenters. The molecule has 1 fully saturated rings. The summed E-state index contributed by atoms with van der Waals surface area (Å²) >= 11 is 0. The Kier molecular flexibility index (Phi) is 4.65. The van der Waals surface area contributed by atoms with Gasteiger partial charge in [-0.3, -0.25) is 4.79 Å². The van der Waals surface area contributed by atoms with Gasteiger partial charge >= 0.3 is 0 Å². The van der Waals surface area contributed by atoms with Crippen molar-refractivity contribution in [2.75, 3.05) is 23.4 Å². The average Bonchev–Trinajstić information content (AvgIpc) is 2.41. The monoisotopic (exact) mass is 297 g/mol. The number of carbonyl (C=O) groups is 1. The Labute approximate surface area is 119 Å². The van der Waals surface area contributed by atoms with Crippen LogP contribution >= 0.6 is 0 Å². The lowest BCUT2D eigenvalue weighted by molar-refractivity contribution is -0.120. The number of hydrogen-bond acceptors (Lipinski definition) is 4. The van der Waals surface area contributed by atoms with Gasteiger partial charge in [0.05, 0.1) is 23.8 Å². The first-order chi connectivity index (χ1) is 9.52. The normalized spacial score (nSPS) is 18.4. The van der Waals surface area contributed by atoms with E-state index in [0.29, 0.717) is 30.9 Å². The summed E-state index contributed by atoms with van der Waals surface area (Å²) in [5.74, 6) is 0.447. The van der Waals surface area contributed by atoms with E-state index < -0.39 is 9.84 Å². The highest BCUT2D eigenvalue weighted by Gasteiger charge is 2.28. The molecule has 1 aliphatic heterocycles. The molecule has 1 N–H and O–H groups in total. The minimum Gasteiger partial charge on any atom is -0.492 e. The summed E-state index contributed by atoms with van der Waals surface area (Å²) in [7, 11) is -2.94. The molecule has 0 radical (unpaired) electrons. The van der Waals surface area contributed by atoms with E-state index in [9.17, 15) is 13.2 Å². The van der Waals surface area contributed by atoms with Crippen molar-refractivity contribution in [1.82, 2.24) is 0 Å². The molecule has 2 rings (SSSR count). The van der Waals surface area contributed by atoms with Crippen LogP contribution < -0.4 is 10.1 Å². The first kappa shape index (κ1) is 14.8. The summed E-state index contributed by atoms with van der Waals surface area (Å²) in [5.41, 5.74) is 0.632. The van der Waals surface area contributed by atoms with Crippen molar-refractivity contribution in [1.29, 1.82) is 0 Å². The number of ether oxygens (including phenoxy) is 1. The highest BCUT2D eigenvalue weighted by molar-refractivity contribution is 7.91. The van der Waals surface area contributed by atoms with Crippen LogP contribution in [0.2, 0.25) is 0 Å². The molecule has 1 saturated heterocycles. The number of nitrogens with one attached hydrogen (secondary N) is 1. The van der Waals surface area contributed by atoms with Crippen LogP contribution in [0.25, 0.3) is 0 Å². The number of amides is 1. The maximum Gasteiger partial charge on any atom is 0.227 e. The maximum atomic E-state index is 12.2. The number of carbonyl (C=O) groups excluding carboxylic acids is 1. The Morgan fingerprint density at radius 3 is 2.60 bits per heavy atom. The van der Waals surface area contributed by atoms with E-state index in [4.69, 9.17) is 4.74 Å². The second-order valence-electron chi connectivity index (χ2n) is 4.84. The van der Waals surface area contributed by atoms with Crippen LogP contribution in [0.3, 0.4) is 0 Å². The van der Waals surface area contributed by atoms with Crippen molar-refractivity contribution < 1.29 is 17.9 Å². The molecule has 1 aromatic rings. The van der Waals surface area contributed by atoms with E-state index in [1.54, 1.807) is 12.1 Å². The van der Waals surface area contributed by atoms with Gasteiger partial charge in [0.25, 0.3) is 0 Å². The SMILES string of the molecule is CCOc1ccccc1NC(=O)C1CCS(=O)(=O)CC1. The van der Waals surface area contributed by atoms with Gasteiger partial charge in [0.2, 0.25) is 5.91 Å². The van der Waals surface area contributed by atoms with Crippen LogP contribution in [-0.4, -0.2) is 32.4 Å². The second-order valence-corrected chi connectivity index (χ2v) is 7.15. The molecule has 1 aliphatic rings. The van der Waals surface area contributed by atoms with Crippen molar-refractivity contribution in [2.24, 2.45) is 5.92 Å². The Hall–Kier alpha value is -1.56. The van der Waals surface area contributed by atoms with Gasteiger partial charge in [0, 0.05) is 5.92 Å². The first-order valence-corrected chi connectivity index (χ1v) is 8.57. The molecule has 0 atom stereocenters. The zero-order chi connectivity index (χ0) is 14.6. The lowest BCUT2D eigenvalue weighted by Gasteiger charge is -2.21. The topological polar surface area (TPSA) is 72.5 Å². The molecule has 0 bridgehead atoms. The molecule has 20 heavy (non-hydrogen) atoms. The third-order valence-corrected chi connectivity index (χ3v) is 5.09. The van der Waals surface area contributed by atoms with Gasteiger partial charge in [-0.2, -0.15) is 0 Å². The molecular weight excluding hydrogens is 278 g/mol. The van der Waals surface area contributed by atoms with Gasteiger partial charge in [-0.05, 0) is 31.9 Å². The van der Waals surface area contributed by atoms with Crippen LogP contribution in [0.4, 0.5) is 5.69 Å². The quantitative estimate of drug-likeness (QED) is 0.920. The second kappa shape index (κ2) is 6.26. The Bertz CT molecular complexity index is 569. The highest BCUT2D eigenvalue weighted by Crippen LogP contribution is 2.26. The standard InChI is InChI=1S/C14H19NO4S/c1-2-19-13-6-4-3-5-12(13)15-14(16)11-7-9-20(17,18)10-8-11/h3-6,11H,2,7-10H2,1H3,(H,15,16). The summed E-state index contributed by atoms with van der Waals surface area (Å²) in [6.45, 7) is 2.40. The van der Waals surface area contributed by atoms with E-state index >= 15 is 0 Å². The van der Waals surface area contributed by atoms with Crippen LogP contribution in [-0.2, 0) is 14.6 Å². The fraction of sp³-hybridized carbons (Fsp3) is 0.500. The Balaban J connectivity index is 2.02. The average molecular weight is 297 g/mol. The predicted octanol–water partition coefficient (Wildman–Crippen LogP) is 1.85. The summed E-state index contributed by atoms with van der Waals surface area (Å²) in [4.78, 5) is 12.2. The van der Waals surface area contributed by atoms with E-state index in [-0.39, 0.29) is 23.3 Å². The third-order valence-electron chi connectivity index (χ3n) is 3.37. The summed E-state index contributed by atoms with van der Waals surface area (Å²) in [6.07, 6.45) is 0.788. The fourth-order valence-electron chi connectivity index (χ4n) is 2.24. The smallest absolute Gasteiger partial charge is 0.227 e. The van der Waals surface area contributed by atoms with Gasteiger partial charge in [0.1, 0.15) is 15.6 Å². The minimum atomic E-state index is -2.94. The molecule has 0 saturated carbocycles. The highest BCUT2D eigenvalue weighted by atomic mass is 32.2. The van der Waals surface area contributed by atoms with E-state index in [0.717, 1.165) is 0 Å². The zero-order valence-corrected chi connectivity index (χ0v) is 12.3. The van der Waals surface area contributed by atoms with E-state index in [1.165, 1.54) is 0 Å². The predicted molar refractivity (Wildman–Crippen MR) is 77.6 cm³/mol. The van der Waals surface area contributed by atoms with Gasteiger partial charge in [0.15, 0.2) is 0 Å². The first-order valence-electron chi connectivity index (χ1n) is 6.75. The van der Waals surface area contributed by atoms with Crippen molar-refractivity contribution in [3.63, 3.8) is 0 Å². The Morgan fingerprint density at radius 2 is 1.95 bits per heavy atom. The van der Waals surface area contributed by atoms with Gasteiger partial charge in [-0.15, -0.1) is 0 Å². The maximum absolute atomic E-state index is 12.2. The molecule has 1 heterocycles. The van der Waals surface area contributed by atoms with E-state index in [1.807, 2.05) is 19.1 Å². The molecule has 1 aromatic carbocycles. The van der Waals surface area contributed by atoms with Crippen molar-refractivity contribution >= 4 is 21.4 Å². The third kappa shape index (κ3) is 3.72. The molecule has 1 amide bonds. The fourth-order valence-corrected chi connectivity index (χ4v) is 3.73. The van der Waals surface area contributed by atoms with Crippen molar-refractivity contribution in [3.05, 3.63) is 24.3 Å². The number of para-hydroxylation sites is 2. The summed E-state index contributed by atoms with van der Waals surface area (Å²) in [5, 5.41) is 2.83. The molecule has 0 spiro atoms. The van der Waals surface area contributed by atoms with Gasteiger partial charge in [-0.25, -0.2) is 8.42 Å².